The third kappa shape index (κ3) is 0.718. The second-order valence-corrected chi connectivity index (χ2v) is 4.45. The lowest BCUT2D eigenvalue weighted by Crippen LogP contribution is -2.35. The van der Waals surface area contributed by atoms with Gasteiger partial charge in [0.05, 0.1) is 5.60 Å². The second-order valence-electron chi connectivity index (χ2n) is 4.45. The molecule has 1 spiro atoms. The highest BCUT2D eigenvalue weighted by molar-refractivity contribution is 5.87. The number of epoxide rings is 1. The largest absolute Gasteiger partial charge is 0.448 e. The Morgan fingerprint density at radius 3 is 2.69 bits per heavy atom. The minimum Gasteiger partial charge on any atom is -0.448 e. The van der Waals surface area contributed by atoms with Gasteiger partial charge >= 0.3 is 5.97 Å². The lowest BCUT2D eigenvalue weighted by Gasteiger charge is -2.24. The Bertz CT molecular complexity index is 333. The van der Waals surface area contributed by atoms with Gasteiger partial charge in [-0.2, -0.15) is 0 Å². The minimum atomic E-state index is -0.397. The Morgan fingerprint density at radius 2 is 2.31 bits per heavy atom. The summed E-state index contributed by atoms with van der Waals surface area (Å²) in [6, 6.07) is 0. The number of rotatable bonds is 0. The molecule has 0 aromatic carbocycles. The molecule has 3 rings (SSSR count). The molecule has 0 radical (unpaired) electrons. The summed E-state index contributed by atoms with van der Waals surface area (Å²) in [6.45, 7) is 4.05. The van der Waals surface area contributed by atoms with Crippen LogP contribution in [0.25, 0.3) is 0 Å². The molecule has 3 nitrogen and oxygen atoms in total. The second kappa shape index (κ2) is 1.82. The summed E-state index contributed by atoms with van der Waals surface area (Å²) in [5.41, 5.74) is 0.620. The maximum atomic E-state index is 11.1. The summed E-state index contributed by atoms with van der Waals surface area (Å²) >= 11 is 0. The molecule has 3 heteroatoms. The highest BCUT2D eigenvalue weighted by Crippen LogP contribution is 2.60. The van der Waals surface area contributed by atoms with E-state index >= 15 is 0 Å². The van der Waals surface area contributed by atoms with Crippen LogP contribution in [0.15, 0.2) is 11.6 Å². The van der Waals surface area contributed by atoms with Gasteiger partial charge in [0, 0.05) is 6.08 Å². The fourth-order valence-electron chi connectivity index (χ4n) is 2.68. The molecule has 3 atom stereocenters. The number of esters is 1. The van der Waals surface area contributed by atoms with Crippen molar-refractivity contribution in [2.45, 2.75) is 44.0 Å². The molecule has 70 valence electrons. The molecule has 1 aliphatic carbocycles. The zero-order valence-electron chi connectivity index (χ0n) is 7.79. The predicted molar refractivity (Wildman–Crippen MR) is 45.1 cm³/mol. The molecule has 2 aliphatic heterocycles. The van der Waals surface area contributed by atoms with Crippen LogP contribution in [0.4, 0.5) is 0 Å². The van der Waals surface area contributed by atoms with Crippen LogP contribution < -0.4 is 0 Å². The van der Waals surface area contributed by atoms with Crippen LogP contribution in [-0.4, -0.2) is 23.3 Å². The fraction of sp³-hybridized carbons (Fsp3) is 0.700. The van der Waals surface area contributed by atoms with Crippen molar-refractivity contribution in [1.82, 2.24) is 0 Å². The van der Waals surface area contributed by atoms with E-state index in [2.05, 4.69) is 6.92 Å². The minimum absolute atomic E-state index is 0.0142. The molecule has 3 aliphatic rings. The first-order valence-electron chi connectivity index (χ1n) is 4.66. The van der Waals surface area contributed by atoms with E-state index in [1.807, 2.05) is 6.92 Å². The molecule has 2 heterocycles. The van der Waals surface area contributed by atoms with Gasteiger partial charge in [-0.3, -0.25) is 0 Å². The van der Waals surface area contributed by atoms with Gasteiger partial charge in [0.15, 0.2) is 5.60 Å². The molecule has 0 aromatic heterocycles. The van der Waals surface area contributed by atoms with Crippen molar-refractivity contribution >= 4 is 5.97 Å². The van der Waals surface area contributed by atoms with Gasteiger partial charge < -0.3 is 9.47 Å². The van der Waals surface area contributed by atoms with Crippen molar-refractivity contribution < 1.29 is 14.3 Å². The molecule has 0 N–H and O–H groups in total. The number of hydrogen-bond acceptors (Lipinski definition) is 3. The van der Waals surface area contributed by atoms with Crippen LogP contribution in [0.1, 0.15) is 26.7 Å². The Labute approximate surface area is 76.7 Å². The molecule has 1 saturated heterocycles. The molecule has 0 unspecified atom stereocenters. The quantitative estimate of drug-likeness (QED) is 0.415. The van der Waals surface area contributed by atoms with Gasteiger partial charge in [0.2, 0.25) is 0 Å². The molecular formula is C10H12O3. The van der Waals surface area contributed by atoms with Gasteiger partial charge in [-0.25, -0.2) is 4.79 Å². The topological polar surface area (TPSA) is 38.8 Å². The maximum Gasteiger partial charge on any atom is 0.331 e. The lowest BCUT2D eigenvalue weighted by molar-refractivity contribution is -0.148. The third-order valence-electron chi connectivity index (χ3n) is 3.59. The van der Waals surface area contributed by atoms with Crippen molar-refractivity contribution in [3.63, 3.8) is 0 Å². The number of hydrogen-bond donors (Lipinski definition) is 0. The number of ether oxygens (including phenoxy) is 2. The molecule has 2 fully saturated rings. The molecule has 0 bridgehead atoms. The normalized spacial score (nSPS) is 52.0. The van der Waals surface area contributed by atoms with E-state index in [1.54, 1.807) is 6.08 Å². The molecule has 0 aromatic rings. The van der Waals surface area contributed by atoms with E-state index in [0.29, 0.717) is 0 Å². The van der Waals surface area contributed by atoms with Crippen LogP contribution in [-0.2, 0) is 14.3 Å². The smallest absolute Gasteiger partial charge is 0.331 e. The first kappa shape index (κ1) is 7.56. The Kier molecular flexibility index (Phi) is 1.06. The summed E-state index contributed by atoms with van der Waals surface area (Å²) < 4.78 is 11.0. The maximum absolute atomic E-state index is 11.1. The lowest BCUT2D eigenvalue weighted by atomic mass is 9.93. The van der Waals surface area contributed by atoms with E-state index < -0.39 is 5.60 Å². The molecular weight excluding hydrogens is 168 g/mol. The average Bonchev–Trinajstić information content (AvgIpc) is 2.54. The third-order valence-corrected chi connectivity index (χ3v) is 3.59. The van der Waals surface area contributed by atoms with Crippen LogP contribution in [0.5, 0.6) is 0 Å². The van der Waals surface area contributed by atoms with E-state index in [9.17, 15) is 4.79 Å². The Hall–Kier alpha value is -0.830. The van der Waals surface area contributed by atoms with E-state index in [-0.39, 0.29) is 17.7 Å². The van der Waals surface area contributed by atoms with Crippen LogP contribution in [0.2, 0.25) is 0 Å². The van der Waals surface area contributed by atoms with Crippen molar-refractivity contribution in [1.29, 1.82) is 0 Å². The highest BCUT2D eigenvalue weighted by Gasteiger charge is 2.72. The van der Waals surface area contributed by atoms with Crippen molar-refractivity contribution in [3.8, 4) is 0 Å². The zero-order chi connectivity index (χ0) is 9.27. The van der Waals surface area contributed by atoms with Gasteiger partial charge in [0.25, 0.3) is 0 Å². The predicted octanol–water partition coefficient (Wildman–Crippen LogP) is 1.18. The van der Waals surface area contributed by atoms with Crippen molar-refractivity contribution in [2.75, 3.05) is 0 Å². The van der Waals surface area contributed by atoms with Crippen molar-refractivity contribution in [2.24, 2.45) is 0 Å². The first-order valence-corrected chi connectivity index (χ1v) is 4.66. The average molecular weight is 180 g/mol. The van der Waals surface area contributed by atoms with E-state index in [0.717, 1.165) is 18.4 Å². The molecule has 1 saturated carbocycles. The van der Waals surface area contributed by atoms with Crippen LogP contribution in [0.3, 0.4) is 0 Å². The molecule has 13 heavy (non-hydrogen) atoms. The number of fused-ring (bicyclic) bond motifs is 2. The van der Waals surface area contributed by atoms with Crippen molar-refractivity contribution in [3.05, 3.63) is 11.6 Å². The Morgan fingerprint density at radius 1 is 1.54 bits per heavy atom. The van der Waals surface area contributed by atoms with E-state index in [1.165, 1.54) is 0 Å². The highest BCUT2D eigenvalue weighted by atomic mass is 16.7. The van der Waals surface area contributed by atoms with E-state index in [4.69, 9.17) is 9.47 Å². The number of carbonyl (C=O) groups is 1. The van der Waals surface area contributed by atoms with Crippen LogP contribution in [0, 0.1) is 0 Å². The van der Waals surface area contributed by atoms with Gasteiger partial charge in [-0.05, 0) is 32.3 Å². The summed E-state index contributed by atoms with van der Waals surface area (Å²) in [5.74, 6) is -0.211. The Balaban J connectivity index is 2.01. The summed E-state index contributed by atoms with van der Waals surface area (Å²) in [7, 11) is 0. The number of carbonyl (C=O) groups excluding carboxylic acids is 1. The van der Waals surface area contributed by atoms with Crippen LogP contribution >= 0.6 is 0 Å². The molecule has 0 amide bonds. The fourth-order valence-corrected chi connectivity index (χ4v) is 2.68. The van der Waals surface area contributed by atoms with Gasteiger partial charge in [-0.15, -0.1) is 0 Å². The standard InChI is InChI=1S/C10H12O3/c1-6-5-7(11)12-10(6)4-3-9(2)8(10)13-9/h5,8H,3-4H2,1-2H3/t8-,9-,10+/m1/s1. The van der Waals surface area contributed by atoms with Gasteiger partial charge in [0.1, 0.15) is 6.10 Å². The zero-order valence-corrected chi connectivity index (χ0v) is 7.79. The summed E-state index contributed by atoms with van der Waals surface area (Å²) in [5, 5.41) is 0. The SMILES string of the molecule is CC1=CC(=O)O[C@@]12CC[C@@]1(C)O[C@H]12. The monoisotopic (exact) mass is 180 g/mol. The summed E-state index contributed by atoms with van der Waals surface area (Å²) in [4.78, 5) is 11.1. The van der Waals surface area contributed by atoms with Gasteiger partial charge in [-0.1, -0.05) is 0 Å². The first-order chi connectivity index (χ1) is 6.07. The summed E-state index contributed by atoms with van der Waals surface area (Å²) in [6.07, 6.45) is 3.62.